The minimum absolute atomic E-state index is 0.265. The molecule has 1 aliphatic rings. The zero-order chi connectivity index (χ0) is 21.2. The number of esters is 1. The molecule has 28 heavy (non-hydrogen) atoms. The van der Waals surface area contributed by atoms with Gasteiger partial charge in [-0.25, -0.2) is 4.79 Å². The number of hydrogen-bond acceptors (Lipinski definition) is 10. The summed E-state index contributed by atoms with van der Waals surface area (Å²) in [6, 6.07) is 1.76. The van der Waals surface area contributed by atoms with Gasteiger partial charge in [-0.05, 0) is 26.0 Å². The molecule has 1 heterocycles. The molecule has 0 aliphatic carbocycles. The molecule has 10 nitrogen and oxygen atoms in total. The van der Waals surface area contributed by atoms with E-state index in [0.717, 1.165) is 12.1 Å². The number of phenolic OH excluding ortho intramolecular Hbond substituents is 3. The number of rotatable bonds is 6. The lowest BCUT2D eigenvalue weighted by atomic mass is 9.99. The van der Waals surface area contributed by atoms with E-state index in [9.17, 15) is 35.4 Å². The van der Waals surface area contributed by atoms with E-state index in [1.807, 2.05) is 0 Å². The van der Waals surface area contributed by atoms with Crippen molar-refractivity contribution in [1.29, 1.82) is 0 Å². The fourth-order valence-corrected chi connectivity index (χ4v) is 2.46. The summed E-state index contributed by atoms with van der Waals surface area (Å²) in [4.78, 5) is 12.1. The van der Waals surface area contributed by atoms with E-state index in [1.54, 1.807) is 13.8 Å². The van der Waals surface area contributed by atoms with Crippen LogP contribution in [0.2, 0.25) is 0 Å². The molecule has 1 aromatic rings. The minimum atomic E-state index is -1.62. The van der Waals surface area contributed by atoms with Crippen molar-refractivity contribution in [3.8, 4) is 17.2 Å². The number of carbonyl (C=O) groups excluding carboxylic acids is 1. The fraction of sp³-hybridized carbons (Fsp3) is 0.500. The number of ether oxygens (including phenoxy) is 3. The number of aliphatic hydroxyl groups is 3. The van der Waals surface area contributed by atoms with Crippen molar-refractivity contribution in [3.63, 3.8) is 0 Å². The Labute approximate surface area is 160 Å². The topological polar surface area (TPSA) is 166 Å². The first-order valence-electron chi connectivity index (χ1n) is 8.40. The Bertz CT molecular complexity index is 708. The van der Waals surface area contributed by atoms with Gasteiger partial charge < -0.3 is 44.8 Å². The molecule has 0 amide bonds. The van der Waals surface area contributed by atoms with Gasteiger partial charge in [-0.1, -0.05) is 6.08 Å². The van der Waals surface area contributed by atoms with Crippen LogP contribution in [0.25, 0.3) is 0 Å². The molecule has 2 rings (SSSR count). The summed E-state index contributed by atoms with van der Waals surface area (Å²) < 4.78 is 15.9. The van der Waals surface area contributed by atoms with Gasteiger partial charge in [-0.15, -0.1) is 6.58 Å². The predicted molar refractivity (Wildman–Crippen MR) is 93.8 cm³/mol. The third-order valence-corrected chi connectivity index (χ3v) is 4.26. The summed E-state index contributed by atoms with van der Waals surface area (Å²) in [5.74, 6) is -3.23. The second kappa shape index (κ2) is 8.33. The van der Waals surface area contributed by atoms with Crippen LogP contribution in [-0.2, 0) is 14.2 Å². The monoisotopic (exact) mass is 400 g/mol. The molecule has 156 valence electrons. The SMILES string of the molecule is C=CC(C)(C)O[C@@H]1O[C@H](COC(=O)c2cc(O)c(O)c(O)c2)[C@@H](O)[C@H](O)[C@H]1O. The van der Waals surface area contributed by atoms with E-state index >= 15 is 0 Å². The highest BCUT2D eigenvalue weighted by Crippen LogP contribution is 2.35. The van der Waals surface area contributed by atoms with Gasteiger partial charge in [0, 0.05) is 0 Å². The van der Waals surface area contributed by atoms with Crippen LogP contribution in [0, 0.1) is 0 Å². The summed E-state index contributed by atoms with van der Waals surface area (Å²) >= 11 is 0. The lowest BCUT2D eigenvalue weighted by Gasteiger charge is -2.42. The molecule has 1 fully saturated rings. The van der Waals surface area contributed by atoms with Crippen molar-refractivity contribution in [3.05, 3.63) is 30.4 Å². The van der Waals surface area contributed by atoms with Gasteiger partial charge in [0.25, 0.3) is 0 Å². The molecule has 10 heteroatoms. The normalized spacial score (nSPS) is 28.0. The molecular formula is C18H24O10. The van der Waals surface area contributed by atoms with Crippen molar-refractivity contribution in [2.75, 3.05) is 6.61 Å². The van der Waals surface area contributed by atoms with E-state index in [2.05, 4.69) is 6.58 Å². The van der Waals surface area contributed by atoms with E-state index < -0.39 is 66.1 Å². The maximum Gasteiger partial charge on any atom is 0.338 e. The summed E-state index contributed by atoms with van der Waals surface area (Å²) in [7, 11) is 0. The summed E-state index contributed by atoms with van der Waals surface area (Å²) in [5, 5.41) is 58.3. The zero-order valence-electron chi connectivity index (χ0n) is 15.3. The number of phenols is 3. The highest BCUT2D eigenvalue weighted by Gasteiger charge is 2.46. The fourth-order valence-electron chi connectivity index (χ4n) is 2.46. The van der Waals surface area contributed by atoms with Crippen LogP contribution in [0.15, 0.2) is 24.8 Å². The van der Waals surface area contributed by atoms with Gasteiger partial charge in [0.1, 0.15) is 31.0 Å². The molecule has 0 bridgehead atoms. The number of benzene rings is 1. The molecule has 1 saturated heterocycles. The Balaban J connectivity index is 2.07. The van der Waals surface area contributed by atoms with Crippen LogP contribution >= 0.6 is 0 Å². The van der Waals surface area contributed by atoms with Crippen LogP contribution in [-0.4, -0.2) is 79.5 Å². The molecule has 0 radical (unpaired) electrons. The first kappa shape index (κ1) is 21.9. The van der Waals surface area contributed by atoms with Crippen LogP contribution in [0.3, 0.4) is 0 Å². The average molecular weight is 400 g/mol. The van der Waals surface area contributed by atoms with E-state index in [0.29, 0.717) is 0 Å². The van der Waals surface area contributed by atoms with Crippen LogP contribution in [0.1, 0.15) is 24.2 Å². The molecule has 1 aromatic carbocycles. The Morgan fingerprint density at radius 2 is 1.71 bits per heavy atom. The van der Waals surface area contributed by atoms with E-state index in [4.69, 9.17) is 14.2 Å². The smallest absolute Gasteiger partial charge is 0.338 e. The number of hydrogen-bond donors (Lipinski definition) is 6. The Hall–Kier alpha value is -2.37. The van der Waals surface area contributed by atoms with Gasteiger partial charge >= 0.3 is 5.97 Å². The highest BCUT2D eigenvalue weighted by molar-refractivity contribution is 5.91. The largest absolute Gasteiger partial charge is 0.504 e. The molecule has 5 atom stereocenters. The number of aromatic hydroxyl groups is 3. The van der Waals surface area contributed by atoms with Crippen molar-refractivity contribution in [1.82, 2.24) is 0 Å². The van der Waals surface area contributed by atoms with Crippen LogP contribution in [0.4, 0.5) is 0 Å². The van der Waals surface area contributed by atoms with Crippen LogP contribution < -0.4 is 0 Å². The molecular weight excluding hydrogens is 376 g/mol. The van der Waals surface area contributed by atoms with E-state index in [-0.39, 0.29) is 5.56 Å². The summed E-state index contributed by atoms with van der Waals surface area (Å²) in [6.07, 6.45) is -5.84. The van der Waals surface area contributed by atoms with Gasteiger partial charge in [-0.2, -0.15) is 0 Å². The maximum atomic E-state index is 12.1. The van der Waals surface area contributed by atoms with Gasteiger partial charge in [0.05, 0.1) is 11.2 Å². The predicted octanol–water partition coefficient (Wildman–Crippen LogP) is -0.251. The first-order valence-corrected chi connectivity index (χ1v) is 8.40. The van der Waals surface area contributed by atoms with Crippen molar-refractivity contribution < 1.29 is 49.6 Å². The molecule has 0 unspecified atom stereocenters. The third kappa shape index (κ3) is 4.72. The van der Waals surface area contributed by atoms with E-state index in [1.165, 1.54) is 6.08 Å². The van der Waals surface area contributed by atoms with Gasteiger partial charge in [0.2, 0.25) is 0 Å². The molecule has 0 aromatic heterocycles. The van der Waals surface area contributed by atoms with Crippen molar-refractivity contribution in [2.45, 2.75) is 50.2 Å². The zero-order valence-corrected chi connectivity index (χ0v) is 15.3. The van der Waals surface area contributed by atoms with Crippen molar-refractivity contribution >= 4 is 5.97 Å². The summed E-state index contributed by atoms with van der Waals surface area (Å²) in [5.41, 5.74) is -1.17. The first-order chi connectivity index (χ1) is 13.0. The molecule has 1 aliphatic heterocycles. The quantitative estimate of drug-likeness (QED) is 0.213. The van der Waals surface area contributed by atoms with Crippen molar-refractivity contribution in [2.24, 2.45) is 0 Å². The number of aliphatic hydroxyl groups excluding tert-OH is 3. The molecule has 0 saturated carbocycles. The standard InChI is InChI=1S/C18H24O10/c1-4-18(2,3)28-17-15(24)14(23)13(22)11(27-17)7-26-16(25)8-5-9(19)12(21)10(20)6-8/h4-6,11,13-15,17,19-24H,1,7H2,2-3H3/t11-,13-,14+,15-,17+/m1/s1. The Morgan fingerprint density at radius 3 is 2.25 bits per heavy atom. The third-order valence-electron chi connectivity index (χ3n) is 4.26. The molecule has 0 spiro atoms. The Kier molecular flexibility index (Phi) is 6.52. The second-order valence-electron chi connectivity index (χ2n) is 6.90. The number of carbonyl (C=O) groups is 1. The second-order valence-corrected chi connectivity index (χ2v) is 6.90. The Morgan fingerprint density at radius 1 is 1.14 bits per heavy atom. The van der Waals surface area contributed by atoms with Gasteiger partial charge in [-0.3, -0.25) is 0 Å². The molecule has 6 N–H and O–H groups in total. The summed E-state index contributed by atoms with van der Waals surface area (Å²) in [6.45, 7) is 6.35. The minimum Gasteiger partial charge on any atom is -0.504 e. The van der Waals surface area contributed by atoms with Crippen LogP contribution in [0.5, 0.6) is 17.2 Å². The maximum absolute atomic E-state index is 12.1. The lowest BCUT2D eigenvalue weighted by molar-refractivity contribution is -0.317. The lowest BCUT2D eigenvalue weighted by Crippen LogP contribution is -2.60. The highest BCUT2D eigenvalue weighted by atomic mass is 16.7. The van der Waals surface area contributed by atoms with Gasteiger partial charge in [0.15, 0.2) is 23.5 Å². The average Bonchev–Trinajstić information content (AvgIpc) is 2.64.